The molecular weight excluding hydrogens is 325 g/mol. The van der Waals surface area contributed by atoms with E-state index < -0.39 is 5.67 Å². The molecule has 7 nitrogen and oxygen atoms in total. The van der Waals surface area contributed by atoms with Gasteiger partial charge in [0.05, 0.1) is 0 Å². The number of halogens is 1. The van der Waals surface area contributed by atoms with Gasteiger partial charge in [-0.1, -0.05) is 6.07 Å². The lowest BCUT2D eigenvalue weighted by molar-refractivity contribution is -0.149. The maximum absolute atomic E-state index is 14.4. The van der Waals surface area contributed by atoms with Crippen LogP contribution in [0.5, 0.6) is 5.88 Å². The van der Waals surface area contributed by atoms with Crippen LogP contribution >= 0.6 is 0 Å². The van der Waals surface area contributed by atoms with Crippen molar-refractivity contribution in [2.24, 2.45) is 0 Å². The van der Waals surface area contributed by atoms with Crippen molar-refractivity contribution in [2.45, 2.75) is 44.5 Å². The Bertz CT molecular complexity index is 760. The molecule has 0 aromatic carbocycles. The summed E-state index contributed by atoms with van der Waals surface area (Å²) in [6, 6.07) is 5.45. The molecule has 1 aliphatic carbocycles. The van der Waals surface area contributed by atoms with Crippen LogP contribution in [-0.2, 0) is 24.4 Å². The van der Waals surface area contributed by atoms with Crippen LogP contribution < -0.4 is 4.74 Å². The predicted molar refractivity (Wildman–Crippen MR) is 86.6 cm³/mol. The molecular formula is C17H20FN5O2. The van der Waals surface area contributed by atoms with Crippen LogP contribution in [0.25, 0.3) is 0 Å². The lowest BCUT2D eigenvalue weighted by atomic mass is 9.81. The van der Waals surface area contributed by atoms with Gasteiger partial charge in [-0.15, -0.1) is 10.2 Å². The van der Waals surface area contributed by atoms with E-state index in [1.165, 1.54) is 0 Å². The average molecular weight is 345 g/mol. The second kappa shape index (κ2) is 6.42. The highest BCUT2D eigenvalue weighted by molar-refractivity contribution is 5.86. The molecule has 25 heavy (non-hydrogen) atoms. The van der Waals surface area contributed by atoms with Crippen LogP contribution in [0.2, 0.25) is 0 Å². The zero-order chi connectivity index (χ0) is 17.3. The van der Waals surface area contributed by atoms with Gasteiger partial charge in [0.15, 0.2) is 11.5 Å². The van der Waals surface area contributed by atoms with Gasteiger partial charge in [-0.05, 0) is 25.3 Å². The minimum Gasteiger partial charge on any atom is -0.469 e. The monoisotopic (exact) mass is 345 g/mol. The van der Waals surface area contributed by atoms with Gasteiger partial charge in [0.25, 0.3) is 5.91 Å². The fourth-order valence-electron chi connectivity index (χ4n) is 3.25. The highest BCUT2D eigenvalue weighted by Crippen LogP contribution is 2.37. The van der Waals surface area contributed by atoms with E-state index in [0.717, 1.165) is 12.2 Å². The molecule has 0 spiro atoms. The molecule has 0 unspecified atom stereocenters. The molecule has 2 aliphatic rings. The smallest absolute Gasteiger partial charge is 0.260 e. The van der Waals surface area contributed by atoms with Crippen molar-refractivity contribution >= 4 is 5.91 Å². The van der Waals surface area contributed by atoms with Crippen LogP contribution in [0.4, 0.5) is 4.39 Å². The van der Waals surface area contributed by atoms with Crippen molar-refractivity contribution in [1.29, 1.82) is 0 Å². The maximum Gasteiger partial charge on any atom is 0.260 e. The van der Waals surface area contributed by atoms with Gasteiger partial charge >= 0.3 is 0 Å². The molecule has 2 aromatic heterocycles. The zero-order valence-electron chi connectivity index (χ0n) is 13.9. The third kappa shape index (κ3) is 3.08. The number of aromatic nitrogens is 4. The number of ether oxygens (including phenoxy) is 1. The fourth-order valence-corrected chi connectivity index (χ4v) is 3.25. The van der Waals surface area contributed by atoms with E-state index in [1.54, 1.807) is 17.2 Å². The lowest BCUT2D eigenvalue weighted by Crippen LogP contribution is -2.51. The van der Waals surface area contributed by atoms with Crippen molar-refractivity contribution < 1.29 is 13.9 Å². The molecule has 0 radical (unpaired) electrons. The first-order valence-electron chi connectivity index (χ1n) is 8.59. The molecule has 1 saturated carbocycles. The van der Waals surface area contributed by atoms with Crippen molar-refractivity contribution in [3.8, 4) is 5.88 Å². The molecule has 1 amide bonds. The number of carbonyl (C=O) groups excluding carboxylic acids is 1. The molecule has 4 rings (SSSR count). The predicted octanol–water partition coefficient (Wildman–Crippen LogP) is 1.53. The van der Waals surface area contributed by atoms with Crippen molar-refractivity contribution in [3.05, 3.63) is 36.0 Å². The molecule has 2 aromatic rings. The Labute approximate surface area is 144 Å². The lowest BCUT2D eigenvalue weighted by Gasteiger charge is -2.36. The van der Waals surface area contributed by atoms with Crippen LogP contribution in [-0.4, -0.2) is 49.3 Å². The van der Waals surface area contributed by atoms with Gasteiger partial charge in [0, 0.05) is 38.3 Å². The second-order valence-corrected chi connectivity index (χ2v) is 6.50. The second-order valence-electron chi connectivity index (χ2n) is 6.50. The van der Waals surface area contributed by atoms with Crippen molar-refractivity contribution in [2.75, 3.05) is 13.1 Å². The van der Waals surface area contributed by atoms with Crippen molar-refractivity contribution in [1.82, 2.24) is 24.6 Å². The molecule has 1 fully saturated rings. The summed E-state index contributed by atoms with van der Waals surface area (Å²) < 4.78 is 22.0. The quantitative estimate of drug-likeness (QED) is 0.840. The van der Waals surface area contributed by atoms with E-state index in [-0.39, 0.29) is 12.5 Å². The Kier molecular flexibility index (Phi) is 4.10. The Balaban J connectivity index is 1.42. The summed E-state index contributed by atoms with van der Waals surface area (Å²) in [7, 11) is 0. The Hall–Kier alpha value is -2.51. The van der Waals surface area contributed by atoms with Crippen LogP contribution in [0.15, 0.2) is 24.4 Å². The van der Waals surface area contributed by atoms with Crippen molar-refractivity contribution in [3.63, 3.8) is 0 Å². The van der Waals surface area contributed by atoms with Gasteiger partial charge in [-0.25, -0.2) is 9.37 Å². The number of carbonyl (C=O) groups is 1. The minimum absolute atomic E-state index is 0.255. The molecule has 0 saturated heterocycles. The first-order chi connectivity index (χ1) is 12.2. The maximum atomic E-state index is 14.4. The van der Waals surface area contributed by atoms with E-state index >= 15 is 0 Å². The first-order valence-corrected chi connectivity index (χ1v) is 8.59. The third-order valence-electron chi connectivity index (χ3n) is 4.91. The highest BCUT2D eigenvalue weighted by atomic mass is 19.1. The molecule has 0 atom stereocenters. The van der Waals surface area contributed by atoms with Crippen LogP contribution in [0.1, 0.15) is 30.9 Å². The van der Waals surface area contributed by atoms with E-state index in [1.807, 2.05) is 16.7 Å². The summed E-state index contributed by atoms with van der Waals surface area (Å²) in [5.74, 6) is 1.64. The zero-order valence-corrected chi connectivity index (χ0v) is 13.9. The Morgan fingerprint density at radius 2 is 2.12 bits per heavy atom. The number of fused-ring (bicyclic) bond motifs is 1. The molecule has 0 bridgehead atoms. The number of hydrogen-bond donors (Lipinski definition) is 0. The number of nitrogens with zero attached hydrogens (tertiary/aromatic N) is 5. The standard InChI is InChI=1S/C17H20FN5O2/c18-17(6-3-7-17)16(24)22-9-5-13-20-21-14(23(13)11-10-22)12-25-15-4-1-2-8-19-15/h1-2,4,8H,3,5-7,9-12H2. The average Bonchev–Trinajstić information content (AvgIpc) is 2.87. The summed E-state index contributed by atoms with van der Waals surface area (Å²) in [6.07, 6.45) is 3.71. The molecule has 3 heterocycles. The van der Waals surface area contributed by atoms with Gasteiger partial charge in [0.1, 0.15) is 12.4 Å². The van der Waals surface area contributed by atoms with E-state index in [0.29, 0.717) is 50.6 Å². The molecule has 1 aliphatic heterocycles. The number of rotatable bonds is 4. The van der Waals surface area contributed by atoms with E-state index in [9.17, 15) is 9.18 Å². The summed E-state index contributed by atoms with van der Waals surface area (Å²) in [6.45, 7) is 1.74. The molecule has 8 heteroatoms. The minimum atomic E-state index is -1.64. The molecule has 132 valence electrons. The SMILES string of the molecule is O=C(N1CCc2nnc(COc3ccccn3)n2CC1)C1(F)CCC1. The summed E-state index contributed by atoms with van der Waals surface area (Å²) >= 11 is 0. The topological polar surface area (TPSA) is 73.1 Å². The Morgan fingerprint density at radius 3 is 2.84 bits per heavy atom. The normalized spacial score (nSPS) is 18.8. The fraction of sp³-hybridized carbons (Fsp3) is 0.529. The van der Waals surface area contributed by atoms with E-state index in [4.69, 9.17) is 4.74 Å². The largest absolute Gasteiger partial charge is 0.469 e. The van der Waals surface area contributed by atoms with Gasteiger partial charge in [-0.2, -0.15) is 0 Å². The number of amides is 1. The Morgan fingerprint density at radius 1 is 1.24 bits per heavy atom. The van der Waals surface area contributed by atoms with Gasteiger partial charge < -0.3 is 14.2 Å². The summed E-state index contributed by atoms with van der Waals surface area (Å²) in [5.41, 5.74) is -1.64. The highest BCUT2D eigenvalue weighted by Gasteiger charge is 2.47. The van der Waals surface area contributed by atoms with Gasteiger partial charge in [-0.3, -0.25) is 4.79 Å². The first kappa shape index (κ1) is 16.0. The third-order valence-corrected chi connectivity index (χ3v) is 4.91. The number of hydrogen-bond acceptors (Lipinski definition) is 5. The summed E-state index contributed by atoms with van der Waals surface area (Å²) in [5, 5.41) is 8.38. The van der Waals surface area contributed by atoms with Crippen LogP contribution in [0, 0.1) is 0 Å². The van der Waals surface area contributed by atoms with Crippen LogP contribution in [0.3, 0.4) is 0 Å². The number of alkyl halides is 1. The van der Waals surface area contributed by atoms with Gasteiger partial charge in [0.2, 0.25) is 5.88 Å². The summed E-state index contributed by atoms with van der Waals surface area (Å²) in [4.78, 5) is 18.1. The molecule has 0 N–H and O–H groups in total. The number of pyridine rings is 1. The van der Waals surface area contributed by atoms with E-state index in [2.05, 4.69) is 15.2 Å².